The highest BCUT2D eigenvalue weighted by Gasteiger charge is 2.14. The van der Waals surface area contributed by atoms with Gasteiger partial charge in [-0.05, 0) is 12.1 Å². The first-order valence-corrected chi connectivity index (χ1v) is 6.40. The number of carboxylic acid groups (broad SMARTS) is 1. The van der Waals surface area contributed by atoms with Gasteiger partial charge >= 0.3 is 5.97 Å². The fraction of sp³-hybridized carbons (Fsp3) is 0.273. The van der Waals surface area contributed by atoms with Gasteiger partial charge in [0, 0.05) is 12.6 Å². The molecule has 1 N–H and O–H groups in total. The molecule has 2 aromatic heterocycles. The largest absolute Gasteiger partial charge is 0.481 e. The quantitative estimate of drug-likeness (QED) is 0.822. The van der Waals surface area contributed by atoms with Gasteiger partial charge < -0.3 is 5.11 Å². The highest BCUT2D eigenvalue weighted by atomic mass is 32.2. The molecular formula is C11H12N4O2S. The van der Waals surface area contributed by atoms with Crippen LogP contribution in [0.1, 0.15) is 12.7 Å². The van der Waals surface area contributed by atoms with Crippen LogP contribution < -0.4 is 0 Å². The lowest BCUT2D eigenvalue weighted by Gasteiger charge is -2.07. The maximum atomic E-state index is 10.6. The normalized spacial score (nSPS) is 10.5. The number of carbonyl (C=O) groups is 1. The third-order valence-corrected chi connectivity index (χ3v) is 3.16. The Bertz CT molecular complexity index is 541. The van der Waals surface area contributed by atoms with E-state index in [1.165, 1.54) is 0 Å². The average molecular weight is 264 g/mol. The van der Waals surface area contributed by atoms with E-state index in [9.17, 15) is 4.79 Å². The van der Waals surface area contributed by atoms with Crippen LogP contribution in [0.5, 0.6) is 0 Å². The summed E-state index contributed by atoms with van der Waals surface area (Å²) in [6, 6.07) is 3.71. The Hall–Kier alpha value is -1.89. The summed E-state index contributed by atoms with van der Waals surface area (Å²) < 4.78 is 1.83. The van der Waals surface area contributed by atoms with Crippen molar-refractivity contribution in [2.24, 2.45) is 0 Å². The first-order chi connectivity index (χ1) is 8.72. The molecule has 2 aromatic rings. The van der Waals surface area contributed by atoms with Crippen molar-refractivity contribution in [3.8, 4) is 5.69 Å². The summed E-state index contributed by atoms with van der Waals surface area (Å²) in [6.45, 7) is 1.97. The number of aliphatic carboxylic acids is 1. The lowest BCUT2D eigenvalue weighted by atomic mass is 10.4. The molecule has 94 valence electrons. The zero-order valence-corrected chi connectivity index (χ0v) is 10.6. The van der Waals surface area contributed by atoms with Crippen LogP contribution in [-0.4, -0.2) is 36.6 Å². The van der Waals surface area contributed by atoms with E-state index in [-0.39, 0.29) is 5.75 Å². The van der Waals surface area contributed by atoms with E-state index in [2.05, 4.69) is 15.2 Å². The van der Waals surface area contributed by atoms with Gasteiger partial charge in [-0.15, -0.1) is 10.2 Å². The van der Waals surface area contributed by atoms with Crippen molar-refractivity contribution in [1.82, 2.24) is 19.7 Å². The molecular weight excluding hydrogens is 252 g/mol. The van der Waals surface area contributed by atoms with E-state index in [0.717, 1.165) is 29.7 Å². The zero-order chi connectivity index (χ0) is 13.0. The van der Waals surface area contributed by atoms with Crippen molar-refractivity contribution >= 4 is 17.7 Å². The molecule has 0 aliphatic carbocycles. The number of nitrogens with zero attached hydrogens (tertiary/aromatic N) is 4. The van der Waals surface area contributed by atoms with Gasteiger partial charge in [0.25, 0.3) is 0 Å². The van der Waals surface area contributed by atoms with Gasteiger partial charge in [0.2, 0.25) is 0 Å². The van der Waals surface area contributed by atoms with E-state index < -0.39 is 5.97 Å². The number of hydrogen-bond donors (Lipinski definition) is 1. The number of aryl methyl sites for hydroxylation is 1. The highest BCUT2D eigenvalue weighted by molar-refractivity contribution is 7.99. The molecule has 0 aliphatic heterocycles. The van der Waals surface area contributed by atoms with Gasteiger partial charge in [-0.2, -0.15) is 0 Å². The van der Waals surface area contributed by atoms with E-state index >= 15 is 0 Å². The maximum absolute atomic E-state index is 10.6. The summed E-state index contributed by atoms with van der Waals surface area (Å²) in [6.07, 6.45) is 4.10. The third-order valence-electron chi connectivity index (χ3n) is 2.25. The Labute approximate surface area is 108 Å². The summed E-state index contributed by atoms with van der Waals surface area (Å²) in [5.74, 6) is -0.128. The van der Waals surface area contributed by atoms with Crippen LogP contribution >= 0.6 is 11.8 Å². The Morgan fingerprint density at radius 1 is 1.50 bits per heavy atom. The minimum absolute atomic E-state index is 0.0396. The van der Waals surface area contributed by atoms with Crippen molar-refractivity contribution in [3.05, 3.63) is 30.4 Å². The molecule has 0 aromatic carbocycles. The van der Waals surface area contributed by atoms with Crippen molar-refractivity contribution in [3.63, 3.8) is 0 Å². The second kappa shape index (κ2) is 5.63. The van der Waals surface area contributed by atoms with Gasteiger partial charge in [-0.25, -0.2) is 0 Å². The van der Waals surface area contributed by atoms with Gasteiger partial charge in [0.05, 0.1) is 17.6 Å². The maximum Gasteiger partial charge on any atom is 0.313 e. The lowest BCUT2D eigenvalue weighted by molar-refractivity contribution is -0.133. The minimum Gasteiger partial charge on any atom is -0.481 e. The van der Waals surface area contributed by atoms with Gasteiger partial charge in [0.1, 0.15) is 5.82 Å². The van der Waals surface area contributed by atoms with Crippen molar-refractivity contribution in [1.29, 1.82) is 0 Å². The van der Waals surface area contributed by atoms with Gasteiger partial charge in [-0.1, -0.05) is 18.7 Å². The van der Waals surface area contributed by atoms with Crippen LogP contribution in [0.25, 0.3) is 5.69 Å². The monoisotopic (exact) mass is 264 g/mol. The first kappa shape index (κ1) is 12.6. The van der Waals surface area contributed by atoms with Crippen molar-refractivity contribution < 1.29 is 9.90 Å². The number of rotatable bonds is 5. The summed E-state index contributed by atoms with van der Waals surface area (Å²) in [4.78, 5) is 14.7. The molecule has 0 unspecified atom stereocenters. The Morgan fingerprint density at radius 3 is 2.94 bits per heavy atom. The Morgan fingerprint density at radius 2 is 2.33 bits per heavy atom. The molecule has 6 nitrogen and oxygen atoms in total. The predicted octanol–water partition coefficient (Wildman–Crippen LogP) is 1.40. The van der Waals surface area contributed by atoms with Crippen molar-refractivity contribution in [2.45, 2.75) is 18.5 Å². The summed E-state index contributed by atoms with van der Waals surface area (Å²) >= 11 is 1.15. The molecule has 2 rings (SSSR count). The fourth-order valence-corrected chi connectivity index (χ4v) is 2.19. The first-order valence-electron chi connectivity index (χ1n) is 5.41. The van der Waals surface area contributed by atoms with E-state index in [4.69, 9.17) is 5.11 Å². The zero-order valence-electron chi connectivity index (χ0n) is 9.78. The average Bonchev–Trinajstić information content (AvgIpc) is 2.80. The Kier molecular flexibility index (Phi) is 3.93. The molecule has 0 aliphatic rings. The Balaban J connectivity index is 2.37. The molecule has 0 amide bonds. The molecule has 18 heavy (non-hydrogen) atoms. The van der Waals surface area contributed by atoms with Crippen LogP contribution in [0.2, 0.25) is 0 Å². The third kappa shape index (κ3) is 2.67. The van der Waals surface area contributed by atoms with Crippen LogP contribution in [0.4, 0.5) is 0 Å². The highest BCUT2D eigenvalue weighted by Crippen LogP contribution is 2.21. The van der Waals surface area contributed by atoms with Gasteiger partial charge in [0.15, 0.2) is 5.16 Å². The molecule has 0 atom stereocenters. The van der Waals surface area contributed by atoms with Crippen molar-refractivity contribution in [2.75, 3.05) is 5.75 Å². The molecule has 0 spiro atoms. The number of thioether (sulfide) groups is 1. The molecule has 0 saturated carbocycles. The smallest absolute Gasteiger partial charge is 0.313 e. The molecule has 0 bridgehead atoms. The molecule has 2 heterocycles. The molecule has 7 heteroatoms. The topological polar surface area (TPSA) is 80.9 Å². The van der Waals surface area contributed by atoms with E-state index in [0.29, 0.717) is 5.16 Å². The van der Waals surface area contributed by atoms with E-state index in [1.54, 1.807) is 12.4 Å². The number of carboxylic acids is 1. The molecule has 0 saturated heterocycles. The van der Waals surface area contributed by atoms with Gasteiger partial charge in [-0.3, -0.25) is 14.3 Å². The minimum atomic E-state index is -0.876. The summed E-state index contributed by atoms with van der Waals surface area (Å²) in [7, 11) is 0. The van der Waals surface area contributed by atoms with E-state index in [1.807, 2.05) is 23.6 Å². The lowest BCUT2D eigenvalue weighted by Crippen LogP contribution is -2.04. The number of hydrogen-bond acceptors (Lipinski definition) is 5. The number of aromatic nitrogens is 4. The predicted molar refractivity (Wildman–Crippen MR) is 66.9 cm³/mol. The van der Waals surface area contributed by atoms with Crippen LogP contribution in [0, 0.1) is 0 Å². The second-order valence-corrected chi connectivity index (χ2v) is 4.42. The second-order valence-electron chi connectivity index (χ2n) is 3.48. The molecule has 0 fully saturated rings. The number of pyridine rings is 1. The summed E-state index contributed by atoms with van der Waals surface area (Å²) in [5, 5.41) is 17.4. The van der Waals surface area contributed by atoms with Crippen LogP contribution in [-0.2, 0) is 11.2 Å². The summed E-state index contributed by atoms with van der Waals surface area (Å²) in [5.41, 5.74) is 0.840. The molecule has 0 radical (unpaired) electrons. The standard InChI is InChI=1S/C11H12N4O2S/c1-2-9-13-14-11(18-7-10(16)17)15(9)8-4-3-5-12-6-8/h3-6H,2,7H2,1H3,(H,16,17). The fourth-order valence-electron chi connectivity index (χ4n) is 1.49. The van der Waals surface area contributed by atoms with Crippen LogP contribution in [0.15, 0.2) is 29.7 Å². The van der Waals surface area contributed by atoms with Crippen LogP contribution in [0.3, 0.4) is 0 Å². The SMILES string of the molecule is CCc1nnc(SCC(=O)O)n1-c1cccnc1.